The van der Waals surface area contributed by atoms with Crippen molar-refractivity contribution in [2.45, 2.75) is 38.1 Å². The number of nitrogens with one attached hydrogen (secondary N) is 2. The van der Waals surface area contributed by atoms with Crippen LogP contribution in [-0.4, -0.2) is 21.4 Å². The Balaban J connectivity index is 1.40. The third-order valence-electron chi connectivity index (χ3n) is 7.74. The molecule has 4 heterocycles. The van der Waals surface area contributed by atoms with Crippen molar-refractivity contribution in [1.29, 1.82) is 0 Å². The zero-order valence-corrected chi connectivity index (χ0v) is 19.5. The monoisotopic (exact) mass is 459 g/mol. The van der Waals surface area contributed by atoms with Crippen LogP contribution in [-0.2, 0) is 22.6 Å². The second kappa shape index (κ2) is 7.44. The van der Waals surface area contributed by atoms with Gasteiger partial charge in [0.05, 0.1) is 17.4 Å². The van der Waals surface area contributed by atoms with Crippen LogP contribution in [0.4, 0.5) is 0 Å². The highest BCUT2D eigenvalue weighted by Crippen LogP contribution is 2.44. The Morgan fingerprint density at radius 3 is 2.51 bits per heavy atom. The standard InChI is InChI=1S/C30H25N3O2/c1-17-5-2-7-19(13-17)20-10-11-25-22(14-20)23(15-31-25)26-27(30(35)32-29(26)34)24-16-33-12-4-8-18-6-3-9-21(24)28(18)33/h2-3,5-7,9-11,13-16,26-27,31H,4,8,12H2,1H3,(H,32,34,35)/t26-,27-/m0/s1. The van der Waals surface area contributed by atoms with E-state index in [0.717, 1.165) is 57.9 Å². The van der Waals surface area contributed by atoms with Gasteiger partial charge in [-0.3, -0.25) is 14.9 Å². The van der Waals surface area contributed by atoms with Crippen LogP contribution in [0.5, 0.6) is 0 Å². The van der Waals surface area contributed by atoms with Crippen LogP contribution >= 0.6 is 0 Å². The number of para-hydroxylation sites is 1. The first-order chi connectivity index (χ1) is 17.1. The highest BCUT2D eigenvalue weighted by atomic mass is 16.2. The fourth-order valence-electron chi connectivity index (χ4n) is 6.16. The molecule has 0 spiro atoms. The molecule has 0 aliphatic carbocycles. The molecule has 5 heteroatoms. The third-order valence-corrected chi connectivity index (χ3v) is 7.74. The van der Waals surface area contributed by atoms with E-state index in [0.29, 0.717) is 0 Å². The van der Waals surface area contributed by atoms with Gasteiger partial charge in [0.2, 0.25) is 11.8 Å². The van der Waals surface area contributed by atoms with E-state index in [4.69, 9.17) is 0 Å². The first-order valence-corrected chi connectivity index (χ1v) is 12.2. The van der Waals surface area contributed by atoms with Gasteiger partial charge in [-0.25, -0.2) is 0 Å². The molecule has 2 aromatic heterocycles. The maximum absolute atomic E-state index is 13.2. The summed E-state index contributed by atoms with van der Waals surface area (Å²) in [5.74, 6) is -1.57. The highest BCUT2D eigenvalue weighted by molar-refractivity contribution is 6.13. The average molecular weight is 460 g/mol. The number of rotatable bonds is 3. The quantitative estimate of drug-likeness (QED) is 0.347. The Kier molecular flexibility index (Phi) is 4.31. The summed E-state index contributed by atoms with van der Waals surface area (Å²) >= 11 is 0. The molecule has 2 atom stereocenters. The predicted octanol–water partition coefficient (Wildman–Crippen LogP) is 5.57. The minimum Gasteiger partial charge on any atom is -0.361 e. The van der Waals surface area contributed by atoms with Crippen LogP contribution in [0.2, 0.25) is 0 Å². The van der Waals surface area contributed by atoms with Gasteiger partial charge in [-0.1, -0.05) is 54.1 Å². The van der Waals surface area contributed by atoms with E-state index < -0.39 is 11.8 Å². The summed E-state index contributed by atoms with van der Waals surface area (Å²) in [5, 5.41) is 4.71. The summed E-state index contributed by atoms with van der Waals surface area (Å²) in [6, 6.07) is 21.0. The van der Waals surface area contributed by atoms with Gasteiger partial charge in [0.25, 0.3) is 0 Å². The molecule has 2 aliphatic rings. The molecule has 172 valence electrons. The minimum atomic E-state index is -0.576. The lowest BCUT2D eigenvalue weighted by Crippen LogP contribution is -2.21. The Hall–Kier alpha value is -4.12. The molecular formula is C30H25N3O2. The number of carbonyl (C=O) groups excluding carboxylic acids is 2. The van der Waals surface area contributed by atoms with Crippen molar-refractivity contribution in [1.82, 2.24) is 14.9 Å². The van der Waals surface area contributed by atoms with Crippen LogP contribution in [0, 0.1) is 6.92 Å². The number of fused-ring (bicyclic) bond motifs is 1. The Labute approximate surface area is 202 Å². The van der Waals surface area contributed by atoms with Crippen LogP contribution in [0.25, 0.3) is 32.9 Å². The van der Waals surface area contributed by atoms with Crippen LogP contribution < -0.4 is 5.32 Å². The van der Waals surface area contributed by atoms with Gasteiger partial charge in [0, 0.05) is 35.2 Å². The molecule has 35 heavy (non-hydrogen) atoms. The van der Waals surface area contributed by atoms with Crippen molar-refractivity contribution in [2.24, 2.45) is 0 Å². The van der Waals surface area contributed by atoms with Crippen molar-refractivity contribution in [3.05, 3.63) is 95.3 Å². The number of hydrogen-bond donors (Lipinski definition) is 2. The number of aromatic amines is 1. The third kappa shape index (κ3) is 3.01. The van der Waals surface area contributed by atoms with Crippen LogP contribution in [0.3, 0.4) is 0 Å². The number of carbonyl (C=O) groups is 2. The second-order valence-electron chi connectivity index (χ2n) is 9.88. The lowest BCUT2D eigenvalue weighted by Gasteiger charge is -2.15. The molecule has 5 aromatic rings. The molecule has 0 saturated carbocycles. The maximum atomic E-state index is 13.2. The van der Waals surface area contributed by atoms with E-state index in [-0.39, 0.29) is 11.8 Å². The maximum Gasteiger partial charge on any atom is 0.235 e. The van der Waals surface area contributed by atoms with E-state index in [1.165, 1.54) is 16.6 Å². The molecule has 2 N–H and O–H groups in total. The van der Waals surface area contributed by atoms with Crippen molar-refractivity contribution in [3.63, 3.8) is 0 Å². The Morgan fingerprint density at radius 2 is 1.66 bits per heavy atom. The smallest absolute Gasteiger partial charge is 0.235 e. The van der Waals surface area contributed by atoms with Gasteiger partial charge in [0.1, 0.15) is 0 Å². The molecule has 7 rings (SSSR count). The van der Waals surface area contributed by atoms with E-state index in [1.54, 1.807) is 0 Å². The molecule has 0 radical (unpaired) electrons. The van der Waals surface area contributed by atoms with Crippen molar-refractivity contribution >= 4 is 33.6 Å². The summed E-state index contributed by atoms with van der Waals surface area (Å²) < 4.78 is 2.27. The summed E-state index contributed by atoms with van der Waals surface area (Å²) in [6.07, 6.45) is 6.15. The molecular weight excluding hydrogens is 434 g/mol. The lowest BCUT2D eigenvalue weighted by molar-refractivity contribution is -0.125. The van der Waals surface area contributed by atoms with Crippen LogP contribution in [0.15, 0.2) is 73.1 Å². The first-order valence-electron chi connectivity index (χ1n) is 12.2. The average Bonchev–Trinajstić information content (AvgIpc) is 3.52. The van der Waals surface area contributed by atoms with Crippen LogP contribution in [0.1, 0.15) is 40.5 Å². The molecule has 2 aliphatic heterocycles. The SMILES string of the molecule is Cc1cccc(-c2ccc3[nH]cc([C@@H]4C(=O)NC(=O)[C@H]4c4cn5c6c(cccc46)CCC5)c3c2)c1. The van der Waals surface area contributed by atoms with Gasteiger partial charge in [0.15, 0.2) is 0 Å². The summed E-state index contributed by atoms with van der Waals surface area (Å²) in [6.45, 7) is 3.02. The van der Waals surface area contributed by atoms with Crippen molar-refractivity contribution in [3.8, 4) is 11.1 Å². The summed E-state index contributed by atoms with van der Waals surface area (Å²) in [7, 11) is 0. The Morgan fingerprint density at radius 1 is 0.857 bits per heavy atom. The fourth-order valence-corrected chi connectivity index (χ4v) is 6.16. The van der Waals surface area contributed by atoms with E-state index in [2.05, 4.69) is 88.7 Å². The van der Waals surface area contributed by atoms with Gasteiger partial charge < -0.3 is 9.55 Å². The first kappa shape index (κ1) is 20.3. The molecule has 1 fully saturated rings. The lowest BCUT2D eigenvalue weighted by atomic mass is 9.82. The number of nitrogens with zero attached hydrogens (tertiary/aromatic N) is 1. The predicted molar refractivity (Wildman–Crippen MR) is 137 cm³/mol. The molecule has 2 amide bonds. The minimum absolute atomic E-state index is 0.215. The van der Waals surface area contributed by atoms with E-state index >= 15 is 0 Å². The number of aryl methyl sites for hydroxylation is 3. The highest BCUT2D eigenvalue weighted by Gasteiger charge is 2.45. The summed E-state index contributed by atoms with van der Waals surface area (Å²) in [5.41, 5.74) is 8.73. The topological polar surface area (TPSA) is 66.9 Å². The van der Waals surface area contributed by atoms with E-state index in [1.807, 2.05) is 6.20 Å². The number of aromatic nitrogens is 2. The molecule has 1 saturated heterocycles. The number of benzene rings is 3. The second-order valence-corrected chi connectivity index (χ2v) is 9.88. The van der Waals surface area contributed by atoms with Gasteiger partial charge >= 0.3 is 0 Å². The van der Waals surface area contributed by atoms with Gasteiger partial charge in [-0.15, -0.1) is 0 Å². The zero-order valence-electron chi connectivity index (χ0n) is 19.5. The largest absolute Gasteiger partial charge is 0.361 e. The molecule has 0 bridgehead atoms. The number of hydrogen-bond acceptors (Lipinski definition) is 2. The normalized spacial score (nSPS) is 19.6. The number of amides is 2. The molecule has 0 unspecified atom stereocenters. The summed E-state index contributed by atoms with van der Waals surface area (Å²) in [4.78, 5) is 29.8. The van der Waals surface area contributed by atoms with Gasteiger partial charge in [-0.2, -0.15) is 0 Å². The Bertz CT molecular complexity index is 1670. The van der Waals surface area contributed by atoms with Crippen molar-refractivity contribution in [2.75, 3.05) is 0 Å². The molecule has 3 aromatic carbocycles. The van der Waals surface area contributed by atoms with Crippen molar-refractivity contribution < 1.29 is 9.59 Å². The number of H-pyrrole nitrogens is 1. The van der Waals surface area contributed by atoms with E-state index in [9.17, 15) is 9.59 Å². The fraction of sp³-hybridized carbons (Fsp3) is 0.200. The number of imide groups is 1. The zero-order chi connectivity index (χ0) is 23.7. The molecule has 5 nitrogen and oxygen atoms in total. The van der Waals surface area contributed by atoms with Gasteiger partial charge in [-0.05, 0) is 59.7 Å².